The van der Waals surface area contributed by atoms with Crippen molar-refractivity contribution in [1.29, 1.82) is 0 Å². The average Bonchev–Trinajstić information content (AvgIpc) is 2.86. The van der Waals surface area contributed by atoms with E-state index in [-0.39, 0.29) is 55.0 Å². The largest absolute Gasteiger partial charge is 0.508 e. The van der Waals surface area contributed by atoms with Gasteiger partial charge in [0.15, 0.2) is 17.2 Å². The van der Waals surface area contributed by atoms with E-state index < -0.39 is 58.0 Å². The first-order valence-electron chi connectivity index (χ1n) is 12.7. The second-order valence-electron chi connectivity index (χ2n) is 10.8. The zero-order chi connectivity index (χ0) is 28.4. The van der Waals surface area contributed by atoms with Crippen LogP contribution >= 0.6 is 0 Å². The van der Waals surface area contributed by atoms with Gasteiger partial charge >= 0.3 is 0 Å². The van der Waals surface area contributed by atoms with Gasteiger partial charge < -0.3 is 30.9 Å². The molecule has 216 valence electrons. The van der Waals surface area contributed by atoms with Crippen LogP contribution in [0, 0.1) is 11.8 Å². The third-order valence-electron chi connectivity index (χ3n) is 8.38. The Hall–Kier alpha value is -3.58. The van der Waals surface area contributed by atoms with Crippen molar-refractivity contribution in [2.45, 2.75) is 31.9 Å². The lowest BCUT2D eigenvalue weighted by atomic mass is 9.57. The van der Waals surface area contributed by atoms with E-state index in [9.17, 15) is 39.6 Å². The maximum Gasteiger partial charge on any atom is 0.255 e. The number of phenols is 1. The van der Waals surface area contributed by atoms with Crippen LogP contribution in [0.5, 0.6) is 5.75 Å². The molecule has 0 radical (unpaired) electrons. The molecule has 12 nitrogen and oxygen atoms in total. The summed E-state index contributed by atoms with van der Waals surface area (Å²) >= 11 is 0. The van der Waals surface area contributed by atoms with Gasteiger partial charge in [-0.05, 0) is 50.6 Å². The first-order valence-corrected chi connectivity index (χ1v) is 12.7. The fourth-order valence-corrected chi connectivity index (χ4v) is 6.55. The maximum atomic E-state index is 13.9. The second-order valence-corrected chi connectivity index (χ2v) is 10.8. The minimum Gasteiger partial charge on any atom is -0.508 e. The first kappa shape index (κ1) is 29.4. The van der Waals surface area contributed by atoms with E-state index in [0.717, 1.165) is 0 Å². The molecule has 1 saturated carbocycles. The van der Waals surface area contributed by atoms with Gasteiger partial charge in [-0.3, -0.25) is 29.0 Å². The molecule has 1 aromatic rings. The molecule has 2 fully saturated rings. The molecule has 0 unspecified atom stereocenters. The third kappa shape index (κ3) is 4.22. The Kier molecular flexibility index (Phi) is 7.67. The van der Waals surface area contributed by atoms with Crippen LogP contribution in [0.4, 0.5) is 0 Å². The number of phenolic OH excluding ortho intramolecular Hbond substituents is 1. The highest BCUT2D eigenvalue weighted by Crippen LogP contribution is 2.52. The monoisotopic (exact) mass is 557 g/mol. The number of carbonyl (C=O) groups excluding carboxylic acids is 4. The molecule has 40 heavy (non-hydrogen) atoms. The molecule has 1 amide bonds. The number of benzene rings is 1. The van der Waals surface area contributed by atoms with Crippen LogP contribution in [0.25, 0.3) is 5.76 Å². The highest BCUT2D eigenvalue weighted by atomic mass is 16.5. The number of rotatable bonds is 5. The summed E-state index contributed by atoms with van der Waals surface area (Å²) in [6.45, 7) is 2.29. The summed E-state index contributed by atoms with van der Waals surface area (Å²) in [4.78, 5) is 55.8. The number of fused-ring (bicyclic) bond motifs is 3. The predicted octanol–water partition coefficient (Wildman–Crippen LogP) is 0.115. The molecule has 0 spiro atoms. The fraction of sp³-hybridized carbons (Fsp3) is 0.500. The van der Waals surface area contributed by atoms with Gasteiger partial charge in [0.05, 0.1) is 31.4 Å². The van der Waals surface area contributed by atoms with Crippen LogP contribution < -0.4 is 5.73 Å². The van der Waals surface area contributed by atoms with Crippen LogP contribution in [0.3, 0.4) is 0 Å². The van der Waals surface area contributed by atoms with Crippen molar-refractivity contribution in [3.8, 4) is 5.75 Å². The number of hydrogen-bond acceptors (Lipinski definition) is 11. The molecule has 6 N–H and O–H groups in total. The van der Waals surface area contributed by atoms with Gasteiger partial charge in [-0.15, -0.1) is 0 Å². The SMILES string of the molecule is C.CN(C)[C@@H]1C(=O)C(C(N)=O)=C(O)[C@@]2(O)C(=O)C3=C(O)c4c(O)ccc(C(=O)CN5CCOCC5)c4C[C@H]3C[C@@H]12. The molecule has 0 aromatic heterocycles. The summed E-state index contributed by atoms with van der Waals surface area (Å²) < 4.78 is 5.34. The standard InChI is InChI=1S/C27H31N3O9.CH4/c1-29(2)21-15-10-12-9-14-13(17(32)11-30-5-7-39-8-6-30)3-4-16(31)19(14)22(33)18(12)24(35)27(15,38)25(36)20(23(21)34)26(28)37;/h3-4,12,15,21,31,33,36,38H,5-11H2,1-2H3,(H2,28,37);1H4/t12-,15-,21-,27-;/m0./s1. The number of aromatic hydroxyl groups is 1. The molecule has 5 rings (SSSR count). The number of amides is 1. The Labute approximate surface area is 231 Å². The van der Waals surface area contributed by atoms with Crippen LogP contribution in [-0.2, 0) is 25.5 Å². The molecule has 3 aliphatic carbocycles. The molecule has 1 aromatic carbocycles. The summed E-state index contributed by atoms with van der Waals surface area (Å²) in [5.41, 5.74) is 2.06. The summed E-state index contributed by atoms with van der Waals surface area (Å²) in [5.74, 6) is -7.48. The first-order chi connectivity index (χ1) is 18.4. The summed E-state index contributed by atoms with van der Waals surface area (Å²) in [7, 11) is 3.07. The van der Waals surface area contributed by atoms with Crippen LogP contribution in [0.2, 0.25) is 0 Å². The van der Waals surface area contributed by atoms with Crippen molar-refractivity contribution in [3.05, 3.63) is 45.7 Å². The number of morpholine rings is 1. The Bertz CT molecular complexity index is 1360. The Morgan fingerprint density at radius 2 is 1.80 bits per heavy atom. The average molecular weight is 558 g/mol. The lowest BCUT2D eigenvalue weighted by Gasteiger charge is -2.50. The summed E-state index contributed by atoms with van der Waals surface area (Å²) in [5, 5.41) is 44.5. The number of likely N-dealkylation sites (N-methyl/N-ethyl adjacent to an activating group) is 1. The van der Waals surface area contributed by atoms with Crippen LogP contribution in [0.15, 0.2) is 29.0 Å². The van der Waals surface area contributed by atoms with Gasteiger partial charge in [-0.1, -0.05) is 7.43 Å². The zero-order valence-electron chi connectivity index (χ0n) is 21.6. The number of ether oxygens (including phenoxy) is 1. The lowest BCUT2D eigenvalue weighted by Crippen LogP contribution is -2.65. The topological polar surface area (TPSA) is 191 Å². The molecule has 0 bridgehead atoms. The van der Waals surface area contributed by atoms with Gasteiger partial charge in [-0.2, -0.15) is 0 Å². The summed E-state index contributed by atoms with van der Waals surface area (Å²) in [6.07, 6.45) is 0.0195. The number of nitrogens with two attached hydrogens (primary N) is 1. The van der Waals surface area contributed by atoms with Gasteiger partial charge in [0.25, 0.3) is 5.91 Å². The molecule has 1 aliphatic heterocycles. The van der Waals surface area contributed by atoms with Gasteiger partial charge in [0.1, 0.15) is 22.8 Å². The smallest absolute Gasteiger partial charge is 0.255 e. The molecule has 1 saturated heterocycles. The quantitative estimate of drug-likeness (QED) is 0.244. The third-order valence-corrected chi connectivity index (χ3v) is 8.38. The fourth-order valence-electron chi connectivity index (χ4n) is 6.55. The second kappa shape index (κ2) is 10.4. The van der Waals surface area contributed by atoms with Crippen molar-refractivity contribution in [2.24, 2.45) is 17.6 Å². The van der Waals surface area contributed by atoms with Crippen molar-refractivity contribution in [1.82, 2.24) is 9.80 Å². The number of aliphatic hydroxyl groups is 3. The van der Waals surface area contributed by atoms with E-state index in [4.69, 9.17) is 10.5 Å². The number of Topliss-reactive ketones (excluding diaryl/α,β-unsaturated/α-hetero) is 3. The molecule has 4 atom stereocenters. The van der Waals surface area contributed by atoms with E-state index >= 15 is 0 Å². The van der Waals surface area contributed by atoms with E-state index in [0.29, 0.717) is 31.9 Å². The van der Waals surface area contributed by atoms with Gasteiger partial charge in [0, 0.05) is 30.1 Å². The number of carbonyl (C=O) groups is 4. The van der Waals surface area contributed by atoms with E-state index in [2.05, 4.69) is 0 Å². The Morgan fingerprint density at radius 3 is 2.40 bits per heavy atom. The Balaban J connectivity index is 0.00000370. The van der Waals surface area contributed by atoms with Crippen molar-refractivity contribution >= 4 is 29.0 Å². The number of ketones is 3. The minimum atomic E-state index is -2.70. The molecule has 4 aliphatic rings. The molecular formula is C28H35N3O9. The number of aliphatic hydroxyl groups excluding tert-OH is 2. The minimum absolute atomic E-state index is 0. The summed E-state index contributed by atoms with van der Waals surface area (Å²) in [6, 6.07) is 1.57. The molecule has 1 heterocycles. The number of nitrogens with zero attached hydrogens (tertiary/aromatic N) is 2. The molecule has 12 heteroatoms. The van der Waals surface area contributed by atoms with Gasteiger partial charge in [0.2, 0.25) is 5.78 Å². The highest BCUT2D eigenvalue weighted by Gasteiger charge is 2.64. The Morgan fingerprint density at radius 1 is 1.15 bits per heavy atom. The predicted molar refractivity (Wildman–Crippen MR) is 143 cm³/mol. The van der Waals surface area contributed by atoms with E-state index in [1.54, 1.807) is 0 Å². The van der Waals surface area contributed by atoms with Crippen molar-refractivity contribution < 1.29 is 44.3 Å². The normalized spacial score (nSPS) is 28.6. The van der Waals surface area contributed by atoms with Crippen molar-refractivity contribution in [3.63, 3.8) is 0 Å². The van der Waals surface area contributed by atoms with Gasteiger partial charge in [-0.25, -0.2) is 0 Å². The van der Waals surface area contributed by atoms with Crippen LogP contribution in [0.1, 0.15) is 35.3 Å². The maximum absolute atomic E-state index is 13.9. The van der Waals surface area contributed by atoms with Crippen LogP contribution in [-0.4, -0.2) is 112 Å². The lowest BCUT2D eigenvalue weighted by molar-refractivity contribution is -0.153. The van der Waals surface area contributed by atoms with E-state index in [1.165, 1.54) is 31.1 Å². The highest BCUT2D eigenvalue weighted by molar-refractivity contribution is 6.24. The van der Waals surface area contributed by atoms with Crippen molar-refractivity contribution in [2.75, 3.05) is 46.9 Å². The number of hydrogen-bond donors (Lipinski definition) is 5. The number of primary amides is 1. The van der Waals surface area contributed by atoms with E-state index in [1.807, 2.05) is 4.90 Å². The molecular weight excluding hydrogens is 522 g/mol. The zero-order valence-corrected chi connectivity index (χ0v) is 21.6.